The van der Waals surface area contributed by atoms with Crippen molar-refractivity contribution in [1.29, 1.82) is 0 Å². The van der Waals surface area contributed by atoms with Crippen LogP contribution < -0.4 is 0 Å². The molecule has 0 N–H and O–H groups in total. The molecule has 66 valence electrons. The Morgan fingerprint density at radius 1 is 1.58 bits per heavy atom. The standard InChI is InChI=1S/C10H16N2/c1-7(2)9-6-11-12(5)10(9)8(3)4/h6,8H,1H2,2-5H3. The summed E-state index contributed by atoms with van der Waals surface area (Å²) in [6, 6.07) is 0. The van der Waals surface area contributed by atoms with E-state index in [0.29, 0.717) is 5.92 Å². The molecule has 1 aromatic rings. The van der Waals surface area contributed by atoms with Crippen molar-refractivity contribution in [1.82, 2.24) is 9.78 Å². The smallest absolute Gasteiger partial charge is 0.0567 e. The predicted octanol–water partition coefficient (Wildman–Crippen LogP) is 2.58. The third-order valence-electron chi connectivity index (χ3n) is 1.99. The van der Waals surface area contributed by atoms with Crippen LogP contribution in [0.1, 0.15) is 37.9 Å². The van der Waals surface area contributed by atoms with Gasteiger partial charge in [0.2, 0.25) is 0 Å². The highest BCUT2D eigenvalue weighted by Crippen LogP contribution is 2.23. The van der Waals surface area contributed by atoms with Gasteiger partial charge in [0.25, 0.3) is 0 Å². The van der Waals surface area contributed by atoms with Gasteiger partial charge in [0.05, 0.1) is 6.20 Å². The number of hydrogen-bond acceptors (Lipinski definition) is 1. The Hall–Kier alpha value is -1.05. The molecule has 0 aromatic carbocycles. The minimum Gasteiger partial charge on any atom is -0.272 e. The van der Waals surface area contributed by atoms with Crippen LogP contribution in [0.15, 0.2) is 12.8 Å². The van der Waals surface area contributed by atoms with E-state index in [1.165, 1.54) is 11.3 Å². The highest BCUT2D eigenvalue weighted by molar-refractivity contribution is 5.63. The summed E-state index contributed by atoms with van der Waals surface area (Å²) in [5.74, 6) is 0.504. The minimum absolute atomic E-state index is 0.504. The van der Waals surface area contributed by atoms with Crippen molar-refractivity contribution in [3.8, 4) is 0 Å². The molecule has 1 rings (SSSR count). The number of allylic oxidation sites excluding steroid dienone is 1. The van der Waals surface area contributed by atoms with E-state index in [4.69, 9.17) is 0 Å². The van der Waals surface area contributed by atoms with Crippen LogP contribution >= 0.6 is 0 Å². The number of aromatic nitrogens is 2. The van der Waals surface area contributed by atoms with Gasteiger partial charge >= 0.3 is 0 Å². The third-order valence-corrected chi connectivity index (χ3v) is 1.99. The van der Waals surface area contributed by atoms with Gasteiger partial charge in [-0.05, 0) is 18.4 Å². The SMILES string of the molecule is C=C(C)c1cnn(C)c1C(C)C. The fourth-order valence-corrected chi connectivity index (χ4v) is 1.46. The topological polar surface area (TPSA) is 17.8 Å². The molecule has 2 heteroatoms. The Morgan fingerprint density at radius 3 is 2.50 bits per heavy atom. The van der Waals surface area contributed by atoms with E-state index in [9.17, 15) is 0 Å². The van der Waals surface area contributed by atoms with E-state index in [1.807, 2.05) is 24.9 Å². The average molecular weight is 164 g/mol. The van der Waals surface area contributed by atoms with Crippen LogP contribution in [-0.2, 0) is 7.05 Å². The van der Waals surface area contributed by atoms with Crippen molar-refractivity contribution in [2.75, 3.05) is 0 Å². The van der Waals surface area contributed by atoms with Crippen molar-refractivity contribution in [3.05, 3.63) is 24.0 Å². The second-order valence-corrected chi connectivity index (χ2v) is 3.50. The second-order valence-electron chi connectivity index (χ2n) is 3.50. The first kappa shape index (κ1) is 9.04. The first-order valence-corrected chi connectivity index (χ1v) is 4.21. The number of aryl methyl sites for hydroxylation is 1. The Balaban J connectivity index is 3.21. The summed E-state index contributed by atoms with van der Waals surface area (Å²) in [7, 11) is 1.97. The maximum Gasteiger partial charge on any atom is 0.0567 e. The molecule has 0 saturated carbocycles. The van der Waals surface area contributed by atoms with Gasteiger partial charge in [-0.1, -0.05) is 20.4 Å². The van der Waals surface area contributed by atoms with Crippen LogP contribution in [0.2, 0.25) is 0 Å². The molecular weight excluding hydrogens is 148 g/mol. The Bertz CT molecular complexity index is 295. The van der Waals surface area contributed by atoms with E-state index >= 15 is 0 Å². The fraction of sp³-hybridized carbons (Fsp3) is 0.500. The van der Waals surface area contributed by atoms with Gasteiger partial charge < -0.3 is 0 Å². The van der Waals surface area contributed by atoms with E-state index < -0.39 is 0 Å². The molecular formula is C10H16N2. The van der Waals surface area contributed by atoms with Gasteiger partial charge in [0.1, 0.15) is 0 Å². The van der Waals surface area contributed by atoms with Crippen LogP contribution in [-0.4, -0.2) is 9.78 Å². The first-order valence-electron chi connectivity index (χ1n) is 4.21. The number of hydrogen-bond donors (Lipinski definition) is 0. The van der Waals surface area contributed by atoms with Crippen LogP contribution in [0.5, 0.6) is 0 Å². The molecule has 0 amide bonds. The molecule has 0 aliphatic heterocycles. The average Bonchev–Trinajstić information content (AvgIpc) is 2.30. The fourth-order valence-electron chi connectivity index (χ4n) is 1.46. The van der Waals surface area contributed by atoms with Crippen LogP contribution in [0.4, 0.5) is 0 Å². The van der Waals surface area contributed by atoms with Gasteiger partial charge in [0.15, 0.2) is 0 Å². The lowest BCUT2D eigenvalue weighted by atomic mass is 10.0. The molecule has 0 radical (unpaired) electrons. The highest BCUT2D eigenvalue weighted by atomic mass is 15.3. The second kappa shape index (κ2) is 3.13. The third kappa shape index (κ3) is 1.42. The van der Waals surface area contributed by atoms with Crippen molar-refractivity contribution >= 4 is 5.57 Å². The maximum absolute atomic E-state index is 4.21. The molecule has 1 heterocycles. The number of nitrogens with zero attached hydrogens (tertiary/aromatic N) is 2. The van der Waals surface area contributed by atoms with E-state index in [0.717, 1.165) is 5.57 Å². The zero-order valence-electron chi connectivity index (χ0n) is 8.26. The molecule has 12 heavy (non-hydrogen) atoms. The molecule has 0 atom stereocenters. The largest absolute Gasteiger partial charge is 0.272 e. The molecule has 0 bridgehead atoms. The Kier molecular flexibility index (Phi) is 2.36. The quantitative estimate of drug-likeness (QED) is 0.657. The van der Waals surface area contributed by atoms with Crippen LogP contribution in [0.3, 0.4) is 0 Å². The Labute approximate surface area is 73.9 Å². The maximum atomic E-state index is 4.21. The van der Waals surface area contributed by atoms with Crippen molar-refractivity contribution in [3.63, 3.8) is 0 Å². The van der Waals surface area contributed by atoms with Crippen molar-refractivity contribution < 1.29 is 0 Å². The first-order chi connectivity index (χ1) is 5.54. The van der Waals surface area contributed by atoms with E-state index in [2.05, 4.69) is 25.5 Å². The zero-order chi connectivity index (χ0) is 9.30. The van der Waals surface area contributed by atoms with Crippen LogP contribution in [0.25, 0.3) is 5.57 Å². The molecule has 0 saturated heterocycles. The lowest BCUT2D eigenvalue weighted by molar-refractivity contribution is 0.668. The lowest BCUT2D eigenvalue weighted by Crippen LogP contribution is -2.01. The summed E-state index contributed by atoms with van der Waals surface area (Å²) in [6.45, 7) is 10.3. The Morgan fingerprint density at radius 2 is 2.17 bits per heavy atom. The van der Waals surface area contributed by atoms with Crippen LogP contribution in [0, 0.1) is 0 Å². The molecule has 0 fully saturated rings. The molecule has 0 unspecified atom stereocenters. The molecule has 1 aromatic heterocycles. The molecule has 0 aliphatic rings. The predicted molar refractivity (Wildman–Crippen MR) is 52.0 cm³/mol. The van der Waals surface area contributed by atoms with Gasteiger partial charge in [-0.15, -0.1) is 0 Å². The summed E-state index contributed by atoms with van der Waals surface area (Å²) >= 11 is 0. The summed E-state index contributed by atoms with van der Waals surface area (Å²) in [6.07, 6.45) is 1.89. The normalized spacial score (nSPS) is 10.8. The van der Waals surface area contributed by atoms with Gasteiger partial charge in [-0.3, -0.25) is 4.68 Å². The monoisotopic (exact) mass is 164 g/mol. The van der Waals surface area contributed by atoms with Crippen molar-refractivity contribution in [2.24, 2.45) is 7.05 Å². The molecule has 0 spiro atoms. The van der Waals surface area contributed by atoms with Crippen molar-refractivity contribution in [2.45, 2.75) is 26.7 Å². The molecule has 0 aliphatic carbocycles. The summed E-state index contributed by atoms with van der Waals surface area (Å²) in [4.78, 5) is 0. The summed E-state index contributed by atoms with van der Waals surface area (Å²) < 4.78 is 1.93. The summed E-state index contributed by atoms with van der Waals surface area (Å²) in [5, 5.41) is 4.21. The highest BCUT2D eigenvalue weighted by Gasteiger charge is 2.11. The van der Waals surface area contributed by atoms with E-state index in [-0.39, 0.29) is 0 Å². The van der Waals surface area contributed by atoms with Gasteiger partial charge in [-0.25, -0.2) is 0 Å². The molecule has 2 nitrogen and oxygen atoms in total. The zero-order valence-corrected chi connectivity index (χ0v) is 8.26. The number of rotatable bonds is 2. The lowest BCUT2D eigenvalue weighted by Gasteiger charge is -2.08. The summed E-state index contributed by atoms with van der Waals surface area (Å²) in [5.41, 5.74) is 3.54. The van der Waals surface area contributed by atoms with Gasteiger partial charge in [-0.2, -0.15) is 5.10 Å². The minimum atomic E-state index is 0.504. The van der Waals surface area contributed by atoms with Gasteiger partial charge in [0, 0.05) is 18.3 Å². The van der Waals surface area contributed by atoms with E-state index in [1.54, 1.807) is 0 Å².